The van der Waals surface area contributed by atoms with E-state index in [0.29, 0.717) is 6.54 Å². The van der Waals surface area contributed by atoms with E-state index in [2.05, 4.69) is 16.3 Å². The van der Waals surface area contributed by atoms with Crippen molar-refractivity contribution < 1.29 is 4.74 Å². The Kier molecular flexibility index (Phi) is 4.98. The monoisotopic (exact) mass is 254 g/mol. The maximum Gasteiger partial charge on any atom is 0.0709 e. The second kappa shape index (κ2) is 6.50. The first-order valence-corrected chi connectivity index (χ1v) is 7.30. The molecular formula is C13H22N2OS. The molecule has 0 saturated carbocycles. The smallest absolute Gasteiger partial charge is 0.0709 e. The van der Waals surface area contributed by atoms with E-state index in [0.717, 1.165) is 26.1 Å². The minimum absolute atomic E-state index is 0.226. The van der Waals surface area contributed by atoms with Crippen LogP contribution in [0.4, 0.5) is 0 Å². The molecule has 0 fully saturated rings. The van der Waals surface area contributed by atoms with Crippen molar-refractivity contribution in [1.82, 2.24) is 4.90 Å². The van der Waals surface area contributed by atoms with E-state index in [-0.39, 0.29) is 6.10 Å². The molecule has 0 amide bonds. The lowest BCUT2D eigenvalue weighted by Gasteiger charge is -2.28. The zero-order valence-electron chi connectivity index (χ0n) is 10.5. The van der Waals surface area contributed by atoms with Crippen molar-refractivity contribution in [2.45, 2.75) is 32.4 Å². The fourth-order valence-corrected chi connectivity index (χ4v) is 3.22. The number of nitrogens with zero attached hydrogens (tertiary/aromatic N) is 1. The van der Waals surface area contributed by atoms with E-state index < -0.39 is 0 Å². The first-order valence-electron chi connectivity index (χ1n) is 6.42. The van der Waals surface area contributed by atoms with E-state index >= 15 is 0 Å². The lowest BCUT2D eigenvalue weighted by Crippen LogP contribution is -2.34. The van der Waals surface area contributed by atoms with Crippen molar-refractivity contribution in [3.05, 3.63) is 21.9 Å². The molecule has 17 heavy (non-hydrogen) atoms. The second-order valence-corrected chi connectivity index (χ2v) is 5.50. The summed E-state index contributed by atoms with van der Waals surface area (Å²) in [6.07, 6.45) is 2.47. The maximum atomic E-state index is 5.69. The van der Waals surface area contributed by atoms with Gasteiger partial charge in [-0.25, -0.2) is 0 Å². The summed E-state index contributed by atoms with van der Waals surface area (Å²) in [6.45, 7) is 6.79. The topological polar surface area (TPSA) is 38.5 Å². The highest BCUT2D eigenvalue weighted by Gasteiger charge is 2.17. The average Bonchev–Trinajstić information content (AvgIpc) is 2.81. The number of hydrogen-bond acceptors (Lipinski definition) is 4. The maximum absolute atomic E-state index is 5.69. The van der Waals surface area contributed by atoms with Crippen molar-refractivity contribution in [2.75, 3.05) is 26.2 Å². The Balaban J connectivity index is 1.78. The normalized spacial score (nSPS) is 18.0. The number of rotatable bonds is 6. The summed E-state index contributed by atoms with van der Waals surface area (Å²) in [7, 11) is 0. The van der Waals surface area contributed by atoms with Crippen LogP contribution in [0.25, 0.3) is 0 Å². The van der Waals surface area contributed by atoms with E-state index in [1.165, 1.54) is 18.5 Å². The van der Waals surface area contributed by atoms with Gasteiger partial charge in [-0.3, -0.25) is 4.90 Å². The Morgan fingerprint density at radius 3 is 3.24 bits per heavy atom. The first-order chi connectivity index (χ1) is 8.33. The standard InChI is InChI=1S/C13H22N2OS/c1-2-16-12(9-14)3-6-15-7-4-13-11(10-15)5-8-17-13/h5,8,12H,2-4,6-7,9-10,14H2,1H3. The van der Waals surface area contributed by atoms with Crippen LogP contribution in [0.15, 0.2) is 11.4 Å². The lowest BCUT2D eigenvalue weighted by molar-refractivity contribution is 0.0531. The SMILES string of the molecule is CCOC(CN)CCN1CCc2sccc2C1. The van der Waals surface area contributed by atoms with Gasteiger partial charge in [0.2, 0.25) is 0 Å². The van der Waals surface area contributed by atoms with Crippen LogP contribution in [-0.2, 0) is 17.7 Å². The molecule has 4 heteroatoms. The molecule has 1 atom stereocenters. The molecule has 0 radical (unpaired) electrons. The Morgan fingerprint density at radius 1 is 1.59 bits per heavy atom. The van der Waals surface area contributed by atoms with Gasteiger partial charge >= 0.3 is 0 Å². The van der Waals surface area contributed by atoms with Gasteiger partial charge in [0, 0.05) is 37.7 Å². The van der Waals surface area contributed by atoms with E-state index in [1.54, 1.807) is 4.88 Å². The molecule has 0 saturated heterocycles. The molecule has 2 heterocycles. The molecule has 0 spiro atoms. The molecule has 2 N–H and O–H groups in total. The number of fused-ring (bicyclic) bond motifs is 1. The zero-order chi connectivity index (χ0) is 12.1. The Hall–Kier alpha value is -0.420. The molecule has 1 unspecified atom stereocenters. The third kappa shape index (κ3) is 3.52. The van der Waals surface area contributed by atoms with Crippen molar-refractivity contribution >= 4 is 11.3 Å². The Labute approximate surface area is 108 Å². The molecular weight excluding hydrogens is 232 g/mol. The Morgan fingerprint density at radius 2 is 2.47 bits per heavy atom. The van der Waals surface area contributed by atoms with Crippen LogP contribution in [0.2, 0.25) is 0 Å². The number of thiophene rings is 1. The molecule has 0 aromatic carbocycles. The van der Waals surface area contributed by atoms with Gasteiger partial charge in [-0.05, 0) is 36.8 Å². The summed E-state index contributed by atoms with van der Waals surface area (Å²) in [4.78, 5) is 4.08. The van der Waals surface area contributed by atoms with Gasteiger partial charge in [-0.2, -0.15) is 0 Å². The summed E-state index contributed by atoms with van der Waals surface area (Å²) in [5.74, 6) is 0. The molecule has 1 aliphatic rings. The highest BCUT2D eigenvalue weighted by molar-refractivity contribution is 7.10. The van der Waals surface area contributed by atoms with Crippen LogP contribution in [0, 0.1) is 0 Å². The highest BCUT2D eigenvalue weighted by Crippen LogP contribution is 2.24. The fraction of sp³-hybridized carbons (Fsp3) is 0.692. The van der Waals surface area contributed by atoms with E-state index in [4.69, 9.17) is 10.5 Å². The number of nitrogens with two attached hydrogens (primary N) is 1. The predicted octanol–water partition coefficient (Wildman–Crippen LogP) is 1.86. The highest BCUT2D eigenvalue weighted by atomic mass is 32.1. The third-order valence-corrected chi connectivity index (χ3v) is 4.34. The lowest BCUT2D eigenvalue weighted by atomic mass is 10.1. The van der Waals surface area contributed by atoms with Crippen LogP contribution in [-0.4, -0.2) is 37.2 Å². The molecule has 3 nitrogen and oxygen atoms in total. The second-order valence-electron chi connectivity index (χ2n) is 4.50. The predicted molar refractivity (Wildman–Crippen MR) is 72.4 cm³/mol. The summed E-state index contributed by atoms with van der Waals surface area (Å²) in [6, 6.07) is 2.26. The average molecular weight is 254 g/mol. The number of ether oxygens (including phenoxy) is 1. The van der Waals surface area contributed by atoms with E-state index in [9.17, 15) is 0 Å². The van der Waals surface area contributed by atoms with Gasteiger partial charge in [0.05, 0.1) is 6.10 Å². The molecule has 96 valence electrons. The summed E-state index contributed by atoms with van der Waals surface area (Å²) in [5, 5.41) is 2.21. The van der Waals surface area contributed by atoms with Crippen LogP contribution in [0.5, 0.6) is 0 Å². The third-order valence-electron chi connectivity index (χ3n) is 3.32. The molecule has 1 aromatic rings. The molecule has 0 bridgehead atoms. The molecule has 0 aliphatic carbocycles. The molecule has 1 aliphatic heterocycles. The van der Waals surface area contributed by atoms with E-state index in [1.807, 2.05) is 18.3 Å². The molecule has 1 aromatic heterocycles. The van der Waals surface area contributed by atoms with Crippen LogP contribution in [0.3, 0.4) is 0 Å². The summed E-state index contributed by atoms with van der Waals surface area (Å²) in [5.41, 5.74) is 7.21. The van der Waals surface area contributed by atoms with Crippen LogP contribution >= 0.6 is 11.3 Å². The van der Waals surface area contributed by atoms with Crippen molar-refractivity contribution in [3.8, 4) is 0 Å². The number of hydrogen-bond donors (Lipinski definition) is 1. The van der Waals surface area contributed by atoms with Crippen molar-refractivity contribution in [1.29, 1.82) is 0 Å². The largest absolute Gasteiger partial charge is 0.377 e. The van der Waals surface area contributed by atoms with Gasteiger partial charge in [0.15, 0.2) is 0 Å². The van der Waals surface area contributed by atoms with Crippen molar-refractivity contribution in [2.24, 2.45) is 5.73 Å². The van der Waals surface area contributed by atoms with Gasteiger partial charge in [0.25, 0.3) is 0 Å². The minimum atomic E-state index is 0.226. The van der Waals surface area contributed by atoms with Crippen LogP contribution < -0.4 is 5.73 Å². The fourth-order valence-electron chi connectivity index (χ4n) is 2.33. The van der Waals surface area contributed by atoms with Gasteiger partial charge < -0.3 is 10.5 Å². The zero-order valence-corrected chi connectivity index (χ0v) is 11.3. The first kappa shape index (κ1) is 13.0. The van der Waals surface area contributed by atoms with Crippen molar-refractivity contribution in [3.63, 3.8) is 0 Å². The molecule has 2 rings (SSSR count). The summed E-state index contributed by atoms with van der Waals surface area (Å²) < 4.78 is 5.59. The summed E-state index contributed by atoms with van der Waals surface area (Å²) >= 11 is 1.89. The minimum Gasteiger partial charge on any atom is -0.377 e. The van der Waals surface area contributed by atoms with Gasteiger partial charge in [-0.15, -0.1) is 11.3 Å². The van der Waals surface area contributed by atoms with Gasteiger partial charge in [-0.1, -0.05) is 0 Å². The Bertz CT molecular complexity index is 340. The quantitative estimate of drug-likeness (QED) is 0.842. The van der Waals surface area contributed by atoms with Crippen LogP contribution in [0.1, 0.15) is 23.8 Å². The van der Waals surface area contributed by atoms with Gasteiger partial charge in [0.1, 0.15) is 0 Å².